The Kier molecular flexibility index (Phi) is 7.48. The quantitative estimate of drug-likeness (QED) is 0.499. The van der Waals surface area contributed by atoms with E-state index in [-0.39, 0.29) is 5.91 Å². The van der Waals surface area contributed by atoms with Gasteiger partial charge in [-0.25, -0.2) is 4.79 Å². The first-order chi connectivity index (χ1) is 17.4. The van der Waals surface area contributed by atoms with E-state index in [9.17, 15) is 9.59 Å². The molecule has 36 heavy (non-hydrogen) atoms. The Labute approximate surface area is 209 Å². The number of hydrogen-bond acceptors (Lipinski definition) is 6. The van der Waals surface area contributed by atoms with Crippen molar-refractivity contribution in [1.82, 2.24) is 4.90 Å². The average Bonchev–Trinajstić information content (AvgIpc) is 2.99. The number of ether oxygens (including phenoxy) is 4. The second-order valence-electron chi connectivity index (χ2n) is 8.24. The van der Waals surface area contributed by atoms with Crippen LogP contribution in [0.3, 0.4) is 0 Å². The largest absolute Gasteiger partial charge is 0.497 e. The normalized spacial score (nSPS) is 14.7. The van der Waals surface area contributed by atoms with Crippen LogP contribution in [-0.4, -0.2) is 44.3 Å². The molecular weight excluding hydrogens is 462 g/mol. The molecule has 0 spiro atoms. The number of rotatable bonds is 7. The van der Waals surface area contributed by atoms with Gasteiger partial charge in [0.25, 0.3) is 5.91 Å². The molecule has 4 rings (SSSR count). The molecule has 3 amide bonds. The fourth-order valence-corrected chi connectivity index (χ4v) is 4.09. The zero-order valence-corrected chi connectivity index (χ0v) is 20.7. The molecule has 0 aliphatic carbocycles. The zero-order chi connectivity index (χ0) is 25.7. The third-order valence-electron chi connectivity index (χ3n) is 5.82. The second-order valence-corrected chi connectivity index (χ2v) is 8.24. The molecule has 0 radical (unpaired) electrons. The minimum atomic E-state index is -0.668. The summed E-state index contributed by atoms with van der Waals surface area (Å²) < 4.78 is 22.1. The molecular formula is C27H29N3O6. The summed E-state index contributed by atoms with van der Waals surface area (Å²) in [6, 6.07) is 17.5. The van der Waals surface area contributed by atoms with Crippen molar-refractivity contribution < 1.29 is 28.5 Å². The highest BCUT2D eigenvalue weighted by molar-refractivity contribution is 6.00. The van der Waals surface area contributed by atoms with Crippen LogP contribution in [0.5, 0.6) is 23.0 Å². The van der Waals surface area contributed by atoms with Gasteiger partial charge in [-0.3, -0.25) is 4.79 Å². The molecule has 1 heterocycles. The molecule has 0 saturated heterocycles. The van der Waals surface area contributed by atoms with E-state index in [0.29, 0.717) is 47.5 Å². The minimum Gasteiger partial charge on any atom is -0.497 e. The number of carbonyl (C=O) groups is 2. The maximum absolute atomic E-state index is 13.1. The fourth-order valence-electron chi connectivity index (χ4n) is 4.09. The van der Waals surface area contributed by atoms with Crippen molar-refractivity contribution in [2.45, 2.75) is 26.1 Å². The second kappa shape index (κ2) is 10.9. The number of para-hydroxylation sites is 1. The molecule has 3 aromatic carbocycles. The van der Waals surface area contributed by atoms with Crippen molar-refractivity contribution >= 4 is 23.3 Å². The van der Waals surface area contributed by atoms with Crippen LogP contribution in [0.4, 0.5) is 16.2 Å². The van der Waals surface area contributed by atoms with Crippen LogP contribution in [0.2, 0.25) is 0 Å². The van der Waals surface area contributed by atoms with Crippen LogP contribution in [0.15, 0.2) is 60.7 Å². The lowest BCUT2D eigenvalue weighted by Gasteiger charge is -2.24. The van der Waals surface area contributed by atoms with Crippen LogP contribution >= 0.6 is 0 Å². The molecule has 188 valence electrons. The first kappa shape index (κ1) is 24.7. The van der Waals surface area contributed by atoms with E-state index in [1.54, 1.807) is 69.6 Å². The van der Waals surface area contributed by atoms with Gasteiger partial charge in [-0.2, -0.15) is 0 Å². The molecule has 9 nitrogen and oxygen atoms in total. The summed E-state index contributed by atoms with van der Waals surface area (Å²) in [5.41, 5.74) is 2.75. The summed E-state index contributed by atoms with van der Waals surface area (Å²) in [5.74, 6) is 2.25. The van der Waals surface area contributed by atoms with Gasteiger partial charge < -0.3 is 34.5 Å². The lowest BCUT2D eigenvalue weighted by Crippen LogP contribution is -2.37. The molecule has 1 aliphatic rings. The Bertz CT molecular complexity index is 1260. The van der Waals surface area contributed by atoms with Crippen LogP contribution in [0.1, 0.15) is 18.1 Å². The van der Waals surface area contributed by atoms with Gasteiger partial charge in [-0.05, 0) is 43.3 Å². The van der Waals surface area contributed by atoms with Crippen LogP contribution < -0.4 is 29.6 Å². The summed E-state index contributed by atoms with van der Waals surface area (Å²) in [6.45, 7) is 2.33. The SMILES string of the molecule is COc1cccc(NC(=O)Nc2ccc3c(c2)CN(Cc2cccc(OC)c2OC)C(=O)C(C)O3)c1. The third-order valence-corrected chi connectivity index (χ3v) is 5.82. The first-order valence-corrected chi connectivity index (χ1v) is 11.4. The highest BCUT2D eigenvalue weighted by Crippen LogP contribution is 2.34. The molecule has 0 bridgehead atoms. The first-order valence-electron chi connectivity index (χ1n) is 11.4. The van der Waals surface area contributed by atoms with Gasteiger partial charge in [-0.15, -0.1) is 0 Å². The maximum Gasteiger partial charge on any atom is 0.323 e. The minimum absolute atomic E-state index is 0.152. The maximum atomic E-state index is 13.1. The van der Waals surface area contributed by atoms with Crippen LogP contribution in [0.25, 0.3) is 0 Å². The summed E-state index contributed by atoms with van der Waals surface area (Å²) in [7, 11) is 4.71. The van der Waals surface area contributed by atoms with Gasteiger partial charge in [-0.1, -0.05) is 18.2 Å². The Hall–Kier alpha value is -4.40. The monoisotopic (exact) mass is 491 g/mol. The Balaban J connectivity index is 1.53. The van der Waals surface area contributed by atoms with Gasteiger partial charge in [0.2, 0.25) is 0 Å². The van der Waals surface area contributed by atoms with Gasteiger partial charge >= 0.3 is 6.03 Å². The highest BCUT2D eigenvalue weighted by Gasteiger charge is 2.29. The number of fused-ring (bicyclic) bond motifs is 1. The lowest BCUT2D eigenvalue weighted by atomic mass is 10.1. The lowest BCUT2D eigenvalue weighted by molar-refractivity contribution is -0.138. The van der Waals surface area contributed by atoms with E-state index in [1.165, 1.54) is 0 Å². The number of urea groups is 1. The number of carbonyl (C=O) groups excluding carboxylic acids is 2. The van der Waals surface area contributed by atoms with Gasteiger partial charge in [0.15, 0.2) is 17.6 Å². The van der Waals surface area contributed by atoms with Gasteiger partial charge in [0.1, 0.15) is 11.5 Å². The van der Waals surface area contributed by atoms with Crippen molar-refractivity contribution in [1.29, 1.82) is 0 Å². The number of nitrogens with one attached hydrogen (secondary N) is 2. The molecule has 2 N–H and O–H groups in total. The molecule has 9 heteroatoms. The summed E-state index contributed by atoms with van der Waals surface area (Å²) in [4.78, 5) is 27.4. The molecule has 0 fully saturated rings. The fraction of sp³-hybridized carbons (Fsp3) is 0.259. The highest BCUT2D eigenvalue weighted by atomic mass is 16.5. The molecule has 1 atom stereocenters. The van der Waals surface area contributed by atoms with Crippen molar-refractivity contribution in [2.24, 2.45) is 0 Å². The predicted molar refractivity (Wildman–Crippen MR) is 136 cm³/mol. The zero-order valence-electron chi connectivity index (χ0n) is 20.7. The van der Waals surface area contributed by atoms with Gasteiger partial charge in [0, 0.05) is 41.7 Å². The standard InChI is InChI=1S/C27H29N3O6/c1-17-26(31)30(15-18-7-5-10-24(34-3)25(18)35-4)16-19-13-21(11-12-23(19)36-17)29-27(32)28-20-8-6-9-22(14-20)33-2/h5-14,17H,15-16H2,1-4H3,(H2,28,29,32). The van der Waals surface area contributed by atoms with E-state index >= 15 is 0 Å². The smallest absolute Gasteiger partial charge is 0.323 e. The topological polar surface area (TPSA) is 98.4 Å². The van der Waals surface area contributed by atoms with E-state index in [2.05, 4.69) is 10.6 Å². The van der Waals surface area contributed by atoms with E-state index < -0.39 is 12.1 Å². The van der Waals surface area contributed by atoms with Crippen molar-refractivity contribution in [3.8, 4) is 23.0 Å². The number of hydrogen-bond donors (Lipinski definition) is 2. The number of amides is 3. The molecule has 1 aliphatic heterocycles. The Morgan fingerprint density at radius 2 is 1.72 bits per heavy atom. The van der Waals surface area contributed by atoms with Gasteiger partial charge in [0.05, 0.1) is 21.3 Å². The van der Waals surface area contributed by atoms with Crippen molar-refractivity contribution in [3.05, 3.63) is 71.8 Å². The molecule has 3 aromatic rings. The molecule has 0 aromatic heterocycles. The van der Waals surface area contributed by atoms with Crippen LogP contribution in [-0.2, 0) is 17.9 Å². The van der Waals surface area contributed by atoms with E-state index in [0.717, 1.165) is 11.1 Å². The van der Waals surface area contributed by atoms with Crippen LogP contribution in [0, 0.1) is 0 Å². The van der Waals surface area contributed by atoms with E-state index in [4.69, 9.17) is 18.9 Å². The van der Waals surface area contributed by atoms with E-state index in [1.807, 2.05) is 24.3 Å². The number of anilines is 2. The summed E-state index contributed by atoms with van der Waals surface area (Å²) in [6.07, 6.45) is -0.668. The van der Waals surface area contributed by atoms with Crippen molar-refractivity contribution in [2.75, 3.05) is 32.0 Å². The van der Waals surface area contributed by atoms with Crippen molar-refractivity contribution in [3.63, 3.8) is 0 Å². The number of nitrogens with zero attached hydrogens (tertiary/aromatic N) is 1. The Morgan fingerprint density at radius 1 is 0.972 bits per heavy atom. The predicted octanol–water partition coefficient (Wildman–Crippen LogP) is 4.67. The average molecular weight is 492 g/mol. The number of benzene rings is 3. The molecule has 0 saturated carbocycles. The summed E-state index contributed by atoms with van der Waals surface area (Å²) >= 11 is 0. The Morgan fingerprint density at radius 3 is 2.44 bits per heavy atom. The third kappa shape index (κ3) is 5.46. The molecule has 1 unspecified atom stereocenters. The number of methoxy groups -OCH3 is 3. The summed E-state index contributed by atoms with van der Waals surface area (Å²) in [5, 5.41) is 5.62.